The van der Waals surface area contributed by atoms with Crippen molar-refractivity contribution in [2.45, 2.75) is 13.0 Å². The lowest BCUT2D eigenvalue weighted by Gasteiger charge is -2.11. The van der Waals surface area contributed by atoms with Crippen molar-refractivity contribution in [2.24, 2.45) is 0 Å². The fraction of sp³-hybridized carbons (Fsp3) is 0.0952. The van der Waals surface area contributed by atoms with E-state index in [0.717, 1.165) is 5.56 Å². The Morgan fingerprint density at radius 3 is 2.55 bits per heavy atom. The molecule has 29 heavy (non-hydrogen) atoms. The van der Waals surface area contributed by atoms with Crippen molar-refractivity contribution in [3.05, 3.63) is 84.1 Å². The lowest BCUT2D eigenvalue weighted by atomic mass is 10.2. The summed E-state index contributed by atoms with van der Waals surface area (Å²) in [7, 11) is 0. The van der Waals surface area contributed by atoms with Crippen LogP contribution in [0, 0.1) is 5.82 Å². The predicted molar refractivity (Wildman–Crippen MR) is 103 cm³/mol. The SMILES string of the molecule is Fc1ccc(Oc2cc(CNc3nc(C(F)F)nc4ccccc34)ccn2)cc1. The van der Waals surface area contributed by atoms with Crippen molar-refractivity contribution < 1.29 is 17.9 Å². The van der Waals surface area contributed by atoms with Crippen LogP contribution < -0.4 is 10.1 Å². The number of hydrogen-bond acceptors (Lipinski definition) is 5. The molecule has 0 radical (unpaired) electrons. The molecule has 1 N–H and O–H groups in total. The van der Waals surface area contributed by atoms with Gasteiger partial charge in [-0.1, -0.05) is 12.1 Å². The molecule has 2 aromatic heterocycles. The minimum atomic E-state index is -2.77. The highest BCUT2D eigenvalue weighted by Crippen LogP contribution is 2.25. The molecule has 0 bridgehead atoms. The van der Waals surface area contributed by atoms with E-state index in [1.165, 1.54) is 24.3 Å². The van der Waals surface area contributed by atoms with Gasteiger partial charge < -0.3 is 10.1 Å². The van der Waals surface area contributed by atoms with Crippen LogP contribution in [0.4, 0.5) is 19.0 Å². The zero-order chi connectivity index (χ0) is 20.2. The predicted octanol–water partition coefficient (Wildman–Crippen LogP) is 5.51. The molecule has 0 aliphatic rings. The molecule has 2 heterocycles. The van der Waals surface area contributed by atoms with E-state index in [9.17, 15) is 13.2 Å². The van der Waals surface area contributed by atoms with Crippen molar-refractivity contribution in [2.75, 3.05) is 5.32 Å². The van der Waals surface area contributed by atoms with Crippen molar-refractivity contribution in [1.29, 1.82) is 0 Å². The Balaban J connectivity index is 1.54. The molecule has 0 atom stereocenters. The van der Waals surface area contributed by atoms with Gasteiger partial charge in [-0.05, 0) is 48.0 Å². The van der Waals surface area contributed by atoms with E-state index in [-0.39, 0.29) is 5.82 Å². The second kappa shape index (κ2) is 8.14. The van der Waals surface area contributed by atoms with E-state index >= 15 is 0 Å². The van der Waals surface area contributed by atoms with Gasteiger partial charge in [0.2, 0.25) is 5.88 Å². The zero-order valence-electron chi connectivity index (χ0n) is 15.0. The molecule has 2 aromatic carbocycles. The third-order valence-corrected chi connectivity index (χ3v) is 4.11. The van der Waals surface area contributed by atoms with Crippen LogP contribution in [0.2, 0.25) is 0 Å². The van der Waals surface area contributed by atoms with Crippen molar-refractivity contribution in [1.82, 2.24) is 15.0 Å². The van der Waals surface area contributed by atoms with Gasteiger partial charge in [-0.15, -0.1) is 0 Å². The number of benzene rings is 2. The Bertz CT molecular complexity index is 1140. The summed E-state index contributed by atoms with van der Waals surface area (Å²) in [6.45, 7) is 0.311. The standard InChI is InChI=1S/C21H15F3N4O/c22-14-5-7-15(8-6-14)29-18-11-13(9-10-25-18)12-26-20-16-3-1-2-4-17(16)27-21(28-20)19(23)24/h1-11,19H,12H2,(H,26,27,28). The number of nitrogens with one attached hydrogen (secondary N) is 1. The first-order chi connectivity index (χ1) is 14.1. The molecule has 0 amide bonds. The molecule has 0 aliphatic heterocycles. The molecule has 4 rings (SSSR count). The molecule has 4 aromatic rings. The largest absolute Gasteiger partial charge is 0.439 e. The minimum absolute atomic E-state index is 0.311. The highest BCUT2D eigenvalue weighted by molar-refractivity contribution is 5.89. The van der Waals surface area contributed by atoms with Crippen LogP contribution in [0.1, 0.15) is 17.8 Å². The highest BCUT2D eigenvalue weighted by atomic mass is 19.3. The summed E-state index contributed by atoms with van der Waals surface area (Å²) < 4.78 is 44.9. The Kier molecular flexibility index (Phi) is 5.24. The van der Waals surface area contributed by atoms with Crippen LogP contribution in [0.3, 0.4) is 0 Å². The number of fused-ring (bicyclic) bond motifs is 1. The van der Waals surface area contributed by atoms with E-state index in [2.05, 4.69) is 20.3 Å². The van der Waals surface area contributed by atoms with Crippen molar-refractivity contribution >= 4 is 16.7 Å². The van der Waals surface area contributed by atoms with Crippen LogP contribution in [-0.4, -0.2) is 15.0 Å². The molecule has 146 valence electrons. The van der Waals surface area contributed by atoms with Crippen LogP contribution >= 0.6 is 0 Å². The third kappa shape index (κ3) is 4.43. The number of rotatable bonds is 6. The summed E-state index contributed by atoms with van der Waals surface area (Å²) in [6, 6.07) is 16.0. The fourth-order valence-electron chi connectivity index (χ4n) is 2.75. The van der Waals surface area contributed by atoms with E-state index < -0.39 is 12.2 Å². The molecular formula is C21H15F3N4O. The highest BCUT2D eigenvalue weighted by Gasteiger charge is 2.15. The number of pyridine rings is 1. The number of nitrogens with zero attached hydrogens (tertiary/aromatic N) is 3. The third-order valence-electron chi connectivity index (χ3n) is 4.11. The summed E-state index contributed by atoms with van der Waals surface area (Å²) in [6.07, 6.45) is -1.20. The number of aromatic nitrogens is 3. The second-order valence-electron chi connectivity index (χ2n) is 6.16. The van der Waals surface area contributed by atoms with E-state index in [1.807, 2.05) is 0 Å². The molecule has 0 spiro atoms. The molecular weight excluding hydrogens is 381 g/mol. The molecule has 0 saturated heterocycles. The van der Waals surface area contributed by atoms with Gasteiger partial charge in [0, 0.05) is 24.2 Å². The molecule has 0 aliphatic carbocycles. The van der Waals surface area contributed by atoms with Crippen molar-refractivity contribution in [3.8, 4) is 11.6 Å². The summed E-state index contributed by atoms with van der Waals surface area (Å²) in [5, 5.41) is 3.73. The topological polar surface area (TPSA) is 59.9 Å². The summed E-state index contributed by atoms with van der Waals surface area (Å²) in [4.78, 5) is 12.0. The Morgan fingerprint density at radius 1 is 0.966 bits per heavy atom. The average Bonchev–Trinajstić information content (AvgIpc) is 2.73. The molecule has 0 saturated carbocycles. The first-order valence-corrected chi connectivity index (χ1v) is 8.75. The number of hydrogen-bond donors (Lipinski definition) is 1. The summed E-state index contributed by atoms with van der Waals surface area (Å²) in [5.74, 6) is 0.220. The summed E-state index contributed by atoms with van der Waals surface area (Å²) >= 11 is 0. The first-order valence-electron chi connectivity index (χ1n) is 8.75. The van der Waals surface area contributed by atoms with Gasteiger partial charge in [0.15, 0.2) is 5.82 Å². The van der Waals surface area contributed by atoms with E-state index in [4.69, 9.17) is 4.74 Å². The molecule has 0 unspecified atom stereocenters. The Hall–Kier alpha value is -3.68. The maximum absolute atomic E-state index is 13.1. The maximum atomic E-state index is 13.1. The van der Waals surface area contributed by atoms with E-state index in [1.54, 1.807) is 42.6 Å². The number of ether oxygens (including phenoxy) is 1. The molecule has 0 fully saturated rings. The number of anilines is 1. The maximum Gasteiger partial charge on any atom is 0.297 e. The van der Waals surface area contributed by atoms with Gasteiger partial charge in [0.05, 0.1) is 5.52 Å². The van der Waals surface area contributed by atoms with Crippen LogP contribution in [0.25, 0.3) is 10.9 Å². The quantitative estimate of drug-likeness (QED) is 0.466. The van der Waals surface area contributed by atoms with Gasteiger partial charge in [0.1, 0.15) is 17.4 Å². The van der Waals surface area contributed by atoms with Crippen LogP contribution in [-0.2, 0) is 6.54 Å². The monoisotopic (exact) mass is 396 g/mol. The lowest BCUT2D eigenvalue weighted by Crippen LogP contribution is -2.06. The summed E-state index contributed by atoms with van der Waals surface area (Å²) in [5.41, 5.74) is 1.24. The minimum Gasteiger partial charge on any atom is -0.439 e. The Morgan fingerprint density at radius 2 is 1.76 bits per heavy atom. The normalized spacial score (nSPS) is 11.0. The van der Waals surface area contributed by atoms with Gasteiger partial charge in [-0.25, -0.2) is 28.1 Å². The fourth-order valence-corrected chi connectivity index (χ4v) is 2.75. The van der Waals surface area contributed by atoms with Gasteiger partial charge in [-0.2, -0.15) is 0 Å². The molecule has 5 nitrogen and oxygen atoms in total. The molecule has 8 heteroatoms. The van der Waals surface area contributed by atoms with Crippen LogP contribution in [0.5, 0.6) is 11.6 Å². The number of halogens is 3. The lowest BCUT2D eigenvalue weighted by molar-refractivity contribution is 0.141. The smallest absolute Gasteiger partial charge is 0.297 e. The van der Waals surface area contributed by atoms with Crippen LogP contribution in [0.15, 0.2) is 66.9 Å². The van der Waals surface area contributed by atoms with E-state index in [0.29, 0.717) is 34.9 Å². The second-order valence-corrected chi connectivity index (χ2v) is 6.16. The van der Waals surface area contributed by atoms with Gasteiger partial charge in [0.25, 0.3) is 6.43 Å². The Labute approximate surface area is 164 Å². The number of alkyl halides is 2. The van der Waals surface area contributed by atoms with Crippen molar-refractivity contribution in [3.63, 3.8) is 0 Å². The van der Waals surface area contributed by atoms with Gasteiger partial charge >= 0.3 is 0 Å². The first kappa shape index (κ1) is 18.7. The number of para-hydroxylation sites is 1. The van der Waals surface area contributed by atoms with Gasteiger partial charge in [-0.3, -0.25) is 0 Å². The average molecular weight is 396 g/mol. The zero-order valence-corrected chi connectivity index (χ0v) is 15.0.